The Bertz CT molecular complexity index is 698. The van der Waals surface area contributed by atoms with E-state index in [9.17, 15) is 19.8 Å². The van der Waals surface area contributed by atoms with Crippen LogP contribution in [0.25, 0.3) is 0 Å². The number of rotatable bonds is 2. The molecule has 0 aromatic heterocycles. The van der Waals surface area contributed by atoms with E-state index in [4.69, 9.17) is 0 Å². The van der Waals surface area contributed by atoms with Crippen molar-refractivity contribution in [3.63, 3.8) is 0 Å². The first-order chi connectivity index (χ1) is 9.99. The van der Waals surface area contributed by atoms with E-state index >= 15 is 0 Å². The van der Waals surface area contributed by atoms with Gasteiger partial charge in [-0.15, -0.1) is 0 Å². The summed E-state index contributed by atoms with van der Waals surface area (Å²) < 4.78 is 0. The first-order valence-electron chi connectivity index (χ1n) is 6.17. The molecule has 4 N–H and O–H groups in total. The number of carbonyl (C=O) groups excluding carboxylic acids is 2. The summed E-state index contributed by atoms with van der Waals surface area (Å²) in [5.74, 6) is -1.69. The third kappa shape index (κ3) is 3.30. The average Bonchev–Trinajstić information content (AvgIpc) is 2.47. The number of carbonyl (C=O) groups is 2. The Hall–Kier alpha value is -3.02. The van der Waals surface area contributed by atoms with Gasteiger partial charge < -0.3 is 10.2 Å². The van der Waals surface area contributed by atoms with E-state index in [0.29, 0.717) is 0 Å². The van der Waals surface area contributed by atoms with Crippen molar-refractivity contribution in [1.82, 2.24) is 10.9 Å². The minimum absolute atomic E-state index is 0.0336. The van der Waals surface area contributed by atoms with Gasteiger partial charge in [-0.25, -0.2) is 0 Å². The monoisotopic (exact) mass is 286 g/mol. The number of aromatic hydroxyl groups is 2. The van der Waals surface area contributed by atoms with Crippen molar-refractivity contribution < 1.29 is 19.8 Å². The van der Waals surface area contributed by atoms with Crippen molar-refractivity contribution in [2.45, 2.75) is 6.92 Å². The molecule has 0 aliphatic rings. The van der Waals surface area contributed by atoms with Gasteiger partial charge in [0.05, 0.1) is 11.1 Å². The SMILES string of the molecule is Cc1ccc(O)c(C(=O)NNC(=O)c2ccccc2O)c1. The van der Waals surface area contributed by atoms with Crippen molar-refractivity contribution >= 4 is 11.8 Å². The molecule has 2 rings (SSSR count). The molecular formula is C15H14N2O4. The molecule has 2 amide bonds. The van der Waals surface area contributed by atoms with Crippen LogP contribution in [0.15, 0.2) is 42.5 Å². The first-order valence-corrected chi connectivity index (χ1v) is 6.17. The highest BCUT2D eigenvalue weighted by Crippen LogP contribution is 2.18. The van der Waals surface area contributed by atoms with Gasteiger partial charge in [0.2, 0.25) is 0 Å². The molecule has 0 spiro atoms. The Balaban J connectivity index is 2.06. The fourth-order valence-electron chi connectivity index (χ4n) is 1.75. The second-order valence-corrected chi connectivity index (χ2v) is 4.45. The van der Waals surface area contributed by atoms with Crippen LogP contribution in [0.4, 0.5) is 0 Å². The number of phenolic OH excluding ortho intramolecular Hbond substituents is 2. The zero-order valence-corrected chi connectivity index (χ0v) is 11.3. The van der Waals surface area contributed by atoms with E-state index in [-0.39, 0.29) is 22.6 Å². The van der Waals surface area contributed by atoms with Crippen LogP contribution in [0.5, 0.6) is 11.5 Å². The van der Waals surface area contributed by atoms with Gasteiger partial charge in [-0.1, -0.05) is 23.8 Å². The van der Waals surface area contributed by atoms with Crippen LogP contribution in [0.3, 0.4) is 0 Å². The van der Waals surface area contributed by atoms with Crippen molar-refractivity contribution in [3.8, 4) is 11.5 Å². The maximum Gasteiger partial charge on any atom is 0.273 e. The third-order valence-electron chi connectivity index (χ3n) is 2.83. The second-order valence-electron chi connectivity index (χ2n) is 4.45. The summed E-state index contributed by atoms with van der Waals surface area (Å²) in [6.45, 7) is 1.77. The van der Waals surface area contributed by atoms with Crippen LogP contribution in [-0.4, -0.2) is 22.0 Å². The maximum absolute atomic E-state index is 11.9. The summed E-state index contributed by atoms with van der Waals surface area (Å²) in [5, 5.41) is 19.1. The third-order valence-corrected chi connectivity index (χ3v) is 2.83. The summed E-state index contributed by atoms with van der Waals surface area (Å²) in [5.41, 5.74) is 5.24. The second kappa shape index (κ2) is 5.96. The lowest BCUT2D eigenvalue weighted by Gasteiger charge is -2.09. The molecule has 6 heteroatoms. The van der Waals surface area contributed by atoms with Crippen molar-refractivity contribution in [2.24, 2.45) is 0 Å². The van der Waals surface area contributed by atoms with Gasteiger partial charge in [0, 0.05) is 0 Å². The van der Waals surface area contributed by atoms with E-state index in [1.165, 1.54) is 24.3 Å². The topological polar surface area (TPSA) is 98.7 Å². The van der Waals surface area contributed by atoms with E-state index in [2.05, 4.69) is 10.9 Å². The summed E-state index contributed by atoms with van der Waals surface area (Å²) in [4.78, 5) is 23.7. The fourth-order valence-corrected chi connectivity index (χ4v) is 1.75. The standard InChI is InChI=1S/C15H14N2O4/c1-9-6-7-13(19)11(8-9)15(21)17-16-14(20)10-4-2-3-5-12(10)18/h2-8,18-19H,1H3,(H,16,20)(H,17,21). The highest BCUT2D eigenvalue weighted by Gasteiger charge is 2.14. The average molecular weight is 286 g/mol. The molecule has 0 unspecified atom stereocenters. The Labute approximate surface area is 121 Å². The van der Waals surface area contributed by atoms with Crippen LogP contribution < -0.4 is 10.9 Å². The molecule has 2 aromatic carbocycles. The van der Waals surface area contributed by atoms with E-state index in [0.717, 1.165) is 5.56 Å². The van der Waals surface area contributed by atoms with E-state index in [1.807, 2.05) is 0 Å². The van der Waals surface area contributed by atoms with Crippen LogP contribution in [0.1, 0.15) is 26.3 Å². The normalized spacial score (nSPS) is 9.95. The molecule has 0 atom stereocenters. The summed E-state index contributed by atoms with van der Waals surface area (Å²) >= 11 is 0. The minimum atomic E-state index is -0.659. The molecule has 6 nitrogen and oxygen atoms in total. The lowest BCUT2D eigenvalue weighted by atomic mass is 10.1. The van der Waals surface area contributed by atoms with Crippen molar-refractivity contribution in [2.75, 3.05) is 0 Å². The molecule has 0 saturated heterocycles. The number of nitrogens with one attached hydrogen (secondary N) is 2. The smallest absolute Gasteiger partial charge is 0.273 e. The summed E-state index contributed by atoms with van der Waals surface area (Å²) in [6.07, 6.45) is 0. The Kier molecular flexibility index (Phi) is 4.08. The molecule has 0 bridgehead atoms. The van der Waals surface area contributed by atoms with Crippen LogP contribution in [0, 0.1) is 6.92 Å². The predicted molar refractivity (Wildman–Crippen MR) is 75.9 cm³/mol. The number of para-hydroxylation sites is 1. The van der Waals surface area contributed by atoms with Crippen LogP contribution in [-0.2, 0) is 0 Å². The van der Waals surface area contributed by atoms with Crippen molar-refractivity contribution in [3.05, 3.63) is 59.2 Å². The minimum Gasteiger partial charge on any atom is -0.507 e. The number of benzene rings is 2. The molecule has 0 saturated carbocycles. The lowest BCUT2D eigenvalue weighted by Crippen LogP contribution is -2.41. The molecule has 0 radical (unpaired) electrons. The predicted octanol–water partition coefficient (Wildman–Crippen LogP) is 1.48. The molecule has 21 heavy (non-hydrogen) atoms. The fraction of sp³-hybridized carbons (Fsp3) is 0.0667. The van der Waals surface area contributed by atoms with E-state index in [1.54, 1.807) is 25.1 Å². The van der Waals surface area contributed by atoms with Gasteiger partial charge in [-0.3, -0.25) is 20.4 Å². The van der Waals surface area contributed by atoms with Crippen molar-refractivity contribution in [1.29, 1.82) is 0 Å². The number of amides is 2. The molecular weight excluding hydrogens is 272 g/mol. The van der Waals surface area contributed by atoms with Gasteiger partial charge >= 0.3 is 0 Å². The number of hydrogen-bond acceptors (Lipinski definition) is 4. The molecule has 0 fully saturated rings. The number of phenols is 2. The molecule has 0 aliphatic heterocycles. The zero-order chi connectivity index (χ0) is 15.4. The summed E-state index contributed by atoms with van der Waals surface area (Å²) in [6, 6.07) is 10.5. The number of aryl methyl sites for hydroxylation is 1. The van der Waals surface area contributed by atoms with E-state index < -0.39 is 11.8 Å². The van der Waals surface area contributed by atoms with Gasteiger partial charge in [-0.05, 0) is 31.2 Å². The lowest BCUT2D eigenvalue weighted by molar-refractivity contribution is 0.0843. The van der Waals surface area contributed by atoms with Gasteiger partial charge in [0.1, 0.15) is 11.5 Å². The Morgan fingerprint density at radius 1 is 0.857 bits per heavy atom. The van der Waals surface area contributed by atoms with Crippen LogP contribution in [0.2, 0.25) is 0 Å². The van der Waals surface area contributed by atoms with Gasteiger partial charge in [0.15, 0.2) is 0 Å². The largest absolute Gasteiger partial charge is 0.507 e. The highest BCUT2D eigenvalue weighted by molar-refractivity contribution is 6.01. The van der Waals surface area contributed by atoms with Gasteiger partial charge in [0.25, 0.3) is 11.8 Å². The maximum atomic E-state index is 11.9. The number of hydrazine groups is 1. The van der Waals surface area contributed by atoms with Crippen LogP contribution >= 0.6 is 0 Å². The zero-order valence-electron chi connectivity index (χ0n) is 11.3. The Morgan fingerprint density at radius 2 is 1.43 bits per heavy atom. The molecule has 0 heterocycles. The first kappa shape index (κ1) is 14.4. The number of hydrogen-bond donors (Lipinski definition) is 4. The summed E-state index contributed by atoms with van der Waals surface area (Å²) in [7, 11) is 0. The quantitative estimate of drug-likeness (QED) is 0.628. The molecule has 2 aromatic rings. The molecule has 108 valence electrons. The Morgan fingerprint density at radius 3 is 2.10 bits per heavy atom. The van der Waals surface area contributed by atoms with Gasteiger partial charge in [-0.2, -0.15) is 0 Å². The molecule has 0 aliphatic carbocycles. The highest BCUT2D eigenvalue weighted by atomic mass is 16.3.